The van der Waals surface area contributed by atoms with Gasteiger partial charge in [-0.05, 0) is 54.5 Å². The van der Waals surface area contributed by atoms with Crippen molar-refractivity contribution in [1.82, 2.24) is 4.90 Å². The van der Waals surface area contributed by atoms with Crippen LogP contribution in [0, 0.1) is 18.3 Å². The van der Waals surface area contributed by atoms with E-state index in [9.17, 15) is 0 Å². The van der Waals surface area contributed by atoms with E-state index in [0.29, 0.717) is 0 Å². The fourth-order valence-electron chi connectivity index (χ4n) is 2.52. The van der Waals surface area contributed by atoms with Crippen LogP contribution in [0.5, 0.6) is 0 Å². The number of nitrogens with zero attached hydrogens (tertiary/aromatic N) is 2. The second kappa shape index (κ2) is 5.78. The molecule has 102 valence electrons. The zero-order valence-electron chi connectivity index (χ0n) is 11.7. The molecule has 1 saturated carbocycles. The van der Waals surface area contributed by atoms with Crippen LogP contribution in [0.25, 0.3) is 0 Å². The predicted molar refractivity (Wildman–Crippen MR) is 82.5 cm³/mol. The maximum Gasteiger partial charge on any atom is 0.0991 e. The fourth-order valence-corrected chi connectivity index (χ4v) is 3.25. The molecule has 1 aromatic heterocycles. The molecule has 2 nitrogen and oxygen atoms in total. The van der Waals surface area contributed by atoms with Crippen LogP contribution in [0.15, 0.2) is 35.7 Å². The van der Waals surface area contributed by atoms with Crippen LogP contribution in [0.1, 0.15) is 34.4 Å². The highest BCUT2D eigenvalue weighted by molar-refractivity contribution is 7.09. The van der Waals surface area contributed by atoms with Gasteiger partial charge >= 0.3 is 0 Å². The first kappa shape index (κ1) is 13.4. The number of rotatable bonds is 5. The van der Waals surface area contributed by atoms with E-state index in [1.165, 1.54) is 28.8 Å². The Labute approximate surface area is 124 Å². The first-order valence-corrected chi connectivity index (χ1v) is 7.90. The predicted octanol–water partition coefficient (Wildman–Crippen LogP) is 4.09. The zero-order chi connectivity index (χ0) is 13.9. The van der Waals surface area contributed by atoms with Crippen LogP contribution in [-0.2, 0) is 13.1 Å². The number of hydrogen-bond donors (Lipinski definition) is 0. The van der Waals surface area contributed by atoms with E-state index in [0.717, 1.165) is 24.7 Å². The van der Waals surface area contributed by atoms with E-state index in [1.54, 1.807) is 0 Å². The summed E-state index contributed by atoms with van der Waals surface area (Å²) in [6, 6.07) is 13.3. The summed E-state index contributed by atoms with van der Waals surface area (Å²) in [4.78, 5) is 4.00. The van der Waals surface area contributed by atoms with Crippen molar-refractivity contribution < 1.29 is 0 Å². The van der Waals surface area contributed by atoms with Crippen LogP contribution >= 0.6 is 11.3 Å². The lowest BCUT2D eigenvalue weighted by atomic mass is 10.0. The Kier molecular flexibility index (Phi) is 3.86. The smallest absolute Gasteiger partial charge is 0.0991 e. The van der Waals surface area contributed by atoms with Gasteiger partial charge in [-0.2, -0.15) is 5.26 Å². The summed E-state index contributed by atoms with van der Waals surface area (Å²) < 4.78 is 0. The Morgan fingerprint density at radius 2 is 2.15 bits per heavy atom. The molecule has 3 heteroatoms. The summed E-state index contributed by atoms with van der Waals surface area (Å²) in [5.41, 5.74) is 3.32. The van der Waals surface area contributed by atoms with E-state index in [2.05, 4.69) is 41.5 Å². The van der Waals surface area contributed by atoms with Gasteiger partial charge in [0.2, 0.25) is 0 Å². The Morgan fingerprint density at radius 1 is 1.30 bits per heavy atom. The maximum absolute atomic E-state index is 8.95. The van der Waals surface area contributed by atoms with Crippen LogP contribution in [0.2, 0.25) is 0 Å². The van der Waals surface area contributed by atoms with Gasteiger partial charge in [0.25, 0.3) is 0 Å². The molecule has 0 spiro atoms. The number of thiophene rings is 1. The van der Waals surface area contributed by atoms with Crippen LogP contribution in [0.4, 0.5) is 0 Å². The molecule has 3 rings (SSSR count). The van der Waals surface area contributed by atoms with Crippen LogP contribution < -0.4 is 0 Å². The third-order valence-corrected chi connectivity index (χ3v) is 4.71. The molecule has 0 radical (unpaired) electrons. The van der Waals surface area contributed by atoms with Crippen molar-refractivity contribution in [1.29, 1.82) is 5.26 Å². The van der Waals surface area contributed by atoms with Crippen LogP contribution in [0.3, 0.4) is 0 Å². The van der Waals surface area contributed by atoms with Crippen molar-refractivity contribution in [2.45, 2.75) is 38.9 Å². The third kappa shape index (κ3) is 3.09. The minimum absolute atomic E-state index is 0.743. The van der Waals surface area contributed by atoms with Crippen molar-refractivity contribution in [2.75, 3.05) is 0 Å². The molecule has 0 amide bonds. The Balaban J connectivity index is 1.75. The molecule has 1 heterocycles. The maximum atomic E-state index is 8.95. The molecule has 0 unspecified atom stereocenters. The van der Waals surface area contributed by atoms with Gasteiger partial charge in [0.1, 0.15) is 0 Å². The molecule has 1 aliphatic carbocycles. The van der Waals surface area contributed by atoms with E-state index in [4.69, 9.17) is 5.26 Å². The monoisotopic (exact) mass is 282 g/mol. The Bertz CT molecular complexity index is 621. The van der Waals surface area contributed by atoms with E-state index >= 15 is 0 Å². The average molecular weight is 282 g/mol. The van der Waals surface area contributed by atoms with Crippen LogP contribution in [-0.4, -0.2) is 10.9 Å². The lowest BCUT2D eigenvalue weighted by Crippen LogP contribution is -2.25. The van der Waals surface area contributed by atoms with Crippen molar-refractivity contribution in [3.63, 3.8) is 0 Å². The molecule has 1 aliphatic rings. The SMILES string of the molecule is Cc1cc(C#N)ccc1CN(Cc1cccs1)C1CC1. The molecule has 0 saturated heterocycles. The molecule has 2 aromatic rings. The molecule has 1 aromatic carbocycles. The molecule has 0 N–H and O–H groups in total. The third-order valence-electron chi connectivity index (χ3n) is 3.85. The van der Waals surface area contributed by atoms with Crippen molar-refractivity contribution >= 4 is 11.3 Å². The topological polar surface area (TPSA) is 27.0 Å². The van der Waals surface area contributed by atoms with Gasteiger partial charge in [0.15, 0.2) is 0 Å². The summed E-state index contributed by atoms with van der Waals surface area (Å²) >= 11 is 1.83. The van der Waals surface area contributed by atoms with E-state index < -0.39 is 0 Å². The lowest BCUT2D eigenvalue weighted by Gasteiger charge is -2.22. The molecule has 1 fully saturated rings. The number of nitriles is 1. The first-order chi connectivity index (χ1) is 9.76. The largest absolute Gasteiger partial charge is 0.291 e. The van der Waals surface area contributed by atoms with Gasteiger partial charge in [-0.25, -0.2) is 0 Å². The highest BCUT2D eigenvalue weighted by Crippen LogP contribution is 2.31. The molecular weight excluding hydrogens is 264 g/mol. The number of benzene rings is 1. The number of hydrogen-bond acceptors (Lipinski definition) is 3. The minimum Gasteiger partial charge on any atom is -0.291 e. The quantitative estimate of drug-likeness (QED) is 0.825. The van der Waals surface area contributed by atoms with Gasteiger partial charge < -0.3 is 0 Å². The summed E-state index contributed by atoms with van der Waals surface area (Å²) in [5.74, 6) is 0. The summed E-state index contributed by atoms with van der Waals surface area (Å²) in [5, 5.41) is 11.1. The Hall–Kier alpha value is -1.63. The zero-order valence-corrected chi connectivity index (χ0v) is 12.5. The molecular formula is C17H18N2S. The van der Waals surface area contributed by atoms with Crippen molar-refractivity contribution in [2.24, 2.45) is 0 Å². The van der Waals surface area contributed by atoms with Crippen molar-refractivity contribution in [3.05, 3.63) is 57.3 Å². The molecule has 20 heavy (non-hydrogen) atoms. The van der Waals surface area contributed by atoms with E-state index in [-0.39, 0.29) is 0 Å². The van der Waals surface area contributed by atoms with Crippen molar-refractivity contribution in [3.8, 4) is 6.07 Å². The summed E-state index contributed by atoms with van der Waals surface area (Å²) in [6.45, 7) is 4.13. The molecule has 0 bridgehead atoms. The molecule has 0 aliphatic heterocycles. The highest BCUT2D eigenvalue weighted by atomic mass is 32.1. The first-order valence-electron chi connectivity index (χ1n) is 7.02. The number of aryl methyl sites for hydroxylation is 1. The molecule has 0 atom stereocenters. The average Bonchev–Trinajstić information content (AvgIpc) is 3.18. The lowest BCUT2D eigenvalue weighted by molar-refractivity contribution is 0.247. The summed E-state index contributed by atoms with van der Waals surface area (Å²) in [7, 11) is 0. The van der Waals surface area contributed by atoms with E-state index in [1.807, 2.05) is 23.5 Å². The van der Waals surface area contributed by atoms with Gasteiger partial charge in [-0.1, -0.05) is 12.1 Å². The fraction of sp³-hybridized carbons (Fsp3) is 0.353. The normalized spacial score (nSPS) is 14.4. The van der Waals surface area contributed by atoms with Gasteiger partial charge in [-0.15, -0.1) is 11.3 Å². The second-order valence-corrected chi connectivity index (χ2v) is 6.50. The van der Waals surface area contributed by atoms with Gasteiger partial charge in [0, 0.05) is 24.0 Å². The minimum atomic E-state index is 0.743. The second-order valence-electron chi connectivity index (χ2n) is 5.47. The highest BCUT2D eigenvalue weighted by Gasteiger charge is 2.29. The van der Waals surface area contributed by atoms with Gasteiger partial charge in [-0.3, -0.25) is 4.90 Å². The summed E-state index contributed by atoms with van der Waals surface area (Å²) in [6.07, 6.45) is 2.64. The Morgan fingerprint density at radius 3 is 2.75 bits per heavy atom. The van der Waals surface area contributed by atoms with Gasteiger partial charge in [0.05, 0.1) is 11.6 Å². The standard InChI is InChI=1S/C17H18N2S/c1-13-9-14(10-18)4-5-15(13)11-19(16-6-7-16)12-17-3-2-8-20-17/h2-5,8-9,16H,6-7,11-12H2,1H3.